The van der Waals surface area contributed by atoms with Crippen LogP contribution in [0.4, 0.5) is 0 Å². The van der Waals surface area contributed by atoms with Crippen molar-refractivity contribution in [1.29, 1.82) is 0 Å². The molecule has 2 aromatic heterocycles. The SMILES string of the molecule is C[C@H]1CCC[C@@H](OCc2nnc(-c3ccncc3)o2)C1. The van der Waals surface area contributed by atoms with E-state index in [2.05, 4.69) is 22.1 Å². The third kappa shape index (κ3) is 3.22. The Kier molecular flexibility index (Phi) is 4.06. The maximum absolute atomic E-state index is 5.88. The fourth-order valence-electron chi connectivity index (χ4n) is 2.64. The molecule has 2 atom stereocenters. The molecule has 0 aromatic carbocycles. The summed E-state index contributed by atoms with van der Waals surface area (Å²) >= 11 is 0. The maximum atomic E-state index is 5.88. The lowest BCUT2D eigenvalue weighted by molar-refractivity contribution is -0.00444. The predicted molar refractivity (Wildman–Crippen MR) is 73.7 cm³/mol. The highest BCUT2D eigenvalue weighted by atomic mass is 16.5. The van der Waals surface area contributed by atoms with Crippen LogP contribution in [0.1, 0.15) is 38.5 Å². The van der Waals surface area contributed by atoms with Gasteiger partial charge in [0.05, 0.1) is 6.10 Å². The zero-order valence-electron chi connectivity index (χ0n) is 11.7. The Morgan fingerprint density at radius 1 is 1.25 bits per heavy atom. The molecule has 3 rings (SSSR count). The van der Waals surface area contributed by atoms with E-state index >= 15 is 0 Å². The third-order valence-electron chi connectivity index (χ3n) is 3.72. The van der Waals surface area contributed by atoms with Crippen molar-refractivity contribution in [3.8, 4) is 11.5 Å². The summed E-state index contributed by atoms with van der Waals surface area (Å²) in [6, 6.07) is 3.70. The van der Waals surface area contributed by atoms with E-state index in [4.69, 9.17) is 9.15 Å². The lowest BCUT2D eigenvalue weighted by Gasteiger charge is -2.26. The molecule has 0 spiro atoms. The molecule has 2 aromatic rings. The van der Waals surface area contributed by atoms with Gasteiger partial charge in [-0.1, -0.05) is 19.8 Å². The van der Waals surface area contributed by atoms with Crippen LogP contribution in [0.3, 0.4) is 0 Å². The first kappa shape index (κ1) is 13.2. The molecule has 0 N–H and O–H groups in total. The van der Waals surface area contributed by atoms with Crippen molar-refractivity contribution in [2.24, 2.45) is 5.92 Å². The molecule has 1 aliphatic carbocycles. The van der Waals surface area contributed by atoms with E-state index in [1.165, 1.54) is 12.8 Å². The highest BCUT2D eigenvalue weighted by Crippen LogP contribution is 2.26. The highest BCUT2D eigenvalue weighted by molar-refractivity contribution is 5.50. The van der Waals surface area contributed by atoms with E-state index in [9.17, 15) is 0 Å². The van der Waals surface area contributed by atoms with Gasteiger partial charge in [-0.3, -0.25) is 4.98 Å². The number of pyridine rings is 1. The zero-order valence-corrected chi connectivity index (χ0v) is 11.7. The van der Waals surface area contributed by atoms with Gasteiger partial charge in [-0.2, -0.15) is 0 Å². The first-order valence-electron chi connectivity index (χ1n) is 7.15. The summed E-state index contributed by atoms with van der Waals surface area (Å²) in [4.78, 5) is 3.97. The van der Waals surface area contributed by atoms with Gasteiger partial charge in [0.15, 0.2) is 0 Å². The molecule has 0 amide bonds. The normalized spacial score (nSPS) is 22.9. The van der Waals surface area contributed by atoms with Crippen molar-refractivity contribution < 1.29 is 9.15 Å². The molecule has 20 heavy (non-hydrogen) atoms. The molecule has 1 saturated carbocycles. The van der Waals surface area contributed by atoms with Crippen molar-refractivity contribution in [1.82, 2.24) is 15.2 Å². The summed E-state index contributed by atoms with van der Waals surface area (Å²) < 4.78 is 11.5. The highest BCUT2D eigenvalue weighted by Gasteiger charge is 2.20. The van der Waals surface area contributed by atoms with E-state index in [0.717, 1.165) is 24.3 Å². The minimum absolute atomic E-state index is 0.329. The number of nitrogens with zero attached hydrogens (tertiary/aromatic N) is 3. The molecule has 106 valence electrons. The lowest BCUT2D eigenvalue weighted by atomic mass is 9.89. The van der Waals surface area contributed by atoms with Gasteiger partial charge in [-0.05, 0) is 30.9 Å². The van der Waals surface area contributed by atoms with E-state index in [-0.39, 0.29) is 0 Å². The minimum Gasteiger partial charge on any atom is -0.418 e. The number of rotatable bonds is 4. The fraction of sp³-hybridized carbons (Fsp3) is 0.533. The van der Waals surface area contributed by atoms with Gasteiger partial charge in [-0.15, -0.1) is 10.2 Å². The number of hydrogen-bond acceptors (Lipinski definition) is 5. The Morgan fingerprint density at radius 3 is 2.90 bits per heavy atom. The molecule has 2 heterocycles. The van der Waals surface area contributed by atoms with Gasteiger partial charge in [-0.25, -0.2) is 0 Å². The van der Waals surface area contributed by atoms with Crippen LogP contribution in [0.25, 0.3) is 11.5 Å². The van der Waals surface area contributed by atoms with Crippen molar-refractivity contribution >= 4 is 0 Å². The van der Waals surface area contributed by atoms with Gasteiger partial charge in [0, 0.05) is 18.0 Å². The van der Waals surface area contributed by atoms with Gasteiger partial charge < -0.3 is 9.15 Å². The second-order valence-corrected chi connectivity index (χ2v) is 5.44. The topological polar surface area (TPSA) is 61.0 Å². The average Bonchev–Trinajstić information content (AvgIpc) is 2.95. The molecule has 5 heteroatoms. The molecule has 0 radical (unpaired) electrons. The molecule has 0 unspecified atom stereocenters. The standard InChI is InChI=1S/C15H19N3O2/c1-11-3-2-4-13(9-11)19-10-14-17-18-15(20-14)12-5-7-16-8-6-12/h5-8,11,13H,2-4,9-10H2,1H3/t11-,13+/m0/s1. The Balaban J connectivity index is 1.58. The molecule has 0 saturated heterocycles. The molecule has 1 aliphatic rings. The van der Waals surface area contributed by atoms with Crippen LogP contribution >= 0.6 is 0 Å². The van der Waals surface area contributed by atoms with Crippen LogP contribution in [-0.2, 0) is 11.3 Å². The summed E-state index contributed by atoms with van der Waals surface area (Å²) in [5, 5.41) is 8.07. The second-order valence-electron chi connectivity index (χ2n) is 5.44. The molecule has 0 bridgehead atoms. The summed E-state index contributed by atoms with van der Waals surface area (Å²) in [5.41, 5.74) is 0.880. The number of aromatic nitrogens is 3. The fourth-order valence-corrected chi connectivity index (χ4v) is 2.64. The largest absolute Gasteiger partial charge is 0.418 e. The summed E-state index contributed by atoms with van der Waals surface area (Å²) in [5.74, 6) is 1.81. The van der Waals surface area contributed by atoms with Crippen LogP contribution in [0, 0.1) is 5.92 Å². The minimum atomic E-state index is 0.329. The monoisotopic (exact) mass is 273 g/mol. The van der Waals surface area contributed by atoms with E-state index in [1.54, 1.807) is 12.4 Å². The van der Waals surface area contributed by atoms with Crippen LogP contribution in [0.2, 0.25) is 0 Å². The summed E-state index contributed by atoms with van der Waals surface area (Å²) in [6.45, 7) is 2.68. The Labute approximate surface area is 118 Å². The van der Waals surface area contributed by atoms with Crippen molar-refractivity contribution in [3.05, 3.63) is 30.4 Å². The van der Waals surface area contributed by atoms with Gasteiger partial charge >= 0.3 is 0 Å². The Morgan fingerprint density at radius 2 is 2.10 bits per heavy atom. The van der Waals surface area contributed by atoms with Crippen molar-refractivity contribution in [2.75, 3.05) is 0 Å². The van der Waals surface area contributed by atoms with Crippen LogP contribution in [-0.4, -0.2) is 21.3 Å². The Bertz CT molecular complexity index is 541. The molecule has 1 fully saturated rings. The summed E-state index contributed by atoms with van der Waals surface area (Å²) in [7, 11) is 0. The van der Waals surface area contributed by atoms with E-state index in [0.29, 0.717) is 24.5 Å². The predicted octanol–water partition coefficient (Wildman–Crippen LogP) is 3.23. The second kappa shape index (κ2) is 6.13. The van der Waals surface area contributed by atoms with Crippen LogP contribution < -0.4 is 0 Å². The van der Waals surface area contributed by atoms with Gasteiger partial charge in [0.1, 0.15) is 6.61 Å². The number of hydrogen-bond donors (Lipinski definition) is 0. The first-order valence-corrected chi connectivity index (χ1v) is 7.15. The maximum Gasteiger partial charge on any atom is 0.247 e. The molecule has 0 aliphatic heterocycles. The van der Waals surface area contributed by atoms with Crippen molar-refractivity contribution in [2.45, 2.75) is 45.3 Å². The van der Waals surface area contributed by atoms with Gasteiger partial charge in [0.2, 0.25) is 11.8 Å². The van der Waals surface area contributed by atoms with Crippen molar-refractivity contribution in [3.63, 3.8) is 0 Å². The number of ether oxygens (including phenoxy) is 1. The average molecular weight is 273 g/mol. The van der Waals surface area contributed by atoms with E-state index in [1.807, 2.05) is 12.1 Å². The zero-order chi connectivity index (χ0) is 13.8. The molecular weight excluding hydrogens is 254 g/mol. The smallest absolute Gasteiger partial charge is 0.247 e. The third-order valence-corrected chi connectivity index (χ3v) is 3.72. The van der Waals surface area contributed by atoms with Crippen LogP contribution in [0.15, 0.2) is 28.9 Å². The van der Waals surface area contributed by atoms with E-state index < -0.39 is 0 Å². The molecule has 5 nitrogen and oxygen atoms in total. The lowest BCUT2D eigenvalue weighted by Crippen LogP contribution is -2.21. The first-order chi connectivity index (χ1) is 9.81. The molecular formula is C15H19N3O2. The van der Waals surface area contributed by atoms with Crippen LogP contribution in [0.5, 0.6) is 0 Å². The summed E-state index contributed by atoms with van der Waals surface area (Å²) in [6.07, 6.45) is 8.57. The van der Waals surface area contributed by atoms with Gasteiger partial charge in [0.25, 0.3) is 0 Å². The quantitative estimate of drug-likeness (QED) is 0.855. The Hall–Kier alpha value is -1.75.